The molecule has 33 heavy (non-hydrogen) atoms. The van der Waals surface area contributed by atoms with E-state index in [1.165, 1.54) is 17.4 Å². The van der Waals surface area contributed by atoms with Crippen molar-refractivity contribution in [3.05, 3.63) is 93.8 Å². The van der Waals surface area contributed by atoms with Crippen LogP contribution in [0.25, 0.3) is 10.8 Å². The van der Waals surface area contributed by atoms with Crippen LogP contribution in [0.1, 0.15) is 21.5 Å². The first-order chi connectivity index (χ1) is 15.9. The number of benzene rings is 2. The van der Waals surface area contributed by atoms with Crippen molar-refractivity contribution in [2.45, 2.75) is 19.0 Å². The van der Waals surface area contributed by atoms with Crippen molar-refractivity contribution in [3.8, 4) is 0 Å². The van der Waals surface area contributed by atoms with Gasteiger partial charge in [-0.05, 0) is 52.2 Å². The summed E-state index contributed by atoms with van der Waals surface area (Å²) in [6.07, 6.45) is 1.61. The van der Waals surface area contributed by atoms with E-state index in [0.717, 1.165) is 28.5 Å². The van der Waals surface area contributed by atoms with E-state index < -0.39 is 29.5 Å². The van der Waals surface area contributed by atoms with Crippen molar-refractivity contribution in [1.29, 1.82) is 0 Å². The Morgan fingerprint density at radius 1 is 1.03 bits per heavy atom. The number of nitrogen functional groups attached to an aromatic ring is 1. The molecular formula is C24H20F2N4O2S. The Kier molecular flexibility index (Phi) is 6.60. The lowest BCUT2D eigenvalue weighted by Gasteiger charge is -2.19. The van der Waals surface area contributed by atoms with E-state index in [2.05, 4.69) is 15.6 Å². The molecule has 4 rings (SSSR count). The van der Waals surface area contributed by atoms with Gasteiger partial charge in [-0.15, -0.1) is 0 Å². The fraction of sp³-hybridized carbons (Fsp3) is 0.125. The number of thiophene rings is 1. The third-order valence-electron chi connectivity index (χ3n) is 5.16. The molecule has 168 valence electrons. The van der Waals surface area contributed by atoms with Crippen LogP contribution in [0.15, 0.2) is 65.5 Å². The smallest absolute Gasteiger partial charge is 0.252 e. The lowest BCUT2D eigenvalue weighted by Crippen LogP contribution is -2.47. The molecule has 2 aromatic carbocycles. The van der Waals surface area contributed by atoms with Crippen LogP contribution in [-0.4, -0.2) is 22.8 Å². The van der Waals surface area contributed by atoms with Crippen molar-refractivity contribution in [2.24, 2.45) is 0 Å². The van der Waals surface area contributed by atoms with E-state index in [1.807, 2.05) is 24.3 Å². The number of halogens is 2. The number of anilines is 1. The minimum absolute atomic E-state index is 0.00116. The van der Waals surface area contributed by atoms with Crippen molar-refractivity contribution in [3.63, 3.8) is 0 Å². The monoisotopic (exact) mass is 466 g/mol. The van der Waals surface area contributed by atoms with Gasteiger partial charge >= 0.3 is 0 Å². The molecule has 0 radical (unpaired) electrons. The standard InChI is InChI=1S/C24H20F2N4O2S/c25-19-4-2-14(10-20(19)26)11-21(30-23(31)17-6-8-33-13-17)24(32)29-12-15-1-3-18-16(9-15)5-7-28-22(18)27/h1-10,13,21H,11-12H2,(H2,27,28)(H,29,32)(H,30,31)/t21-/m0/s1. The molecule has 4 N–H and O–H groups in total. The predicted octanol–water partition coefficient (Wildman–Crippen LogP) is 3.81. The van der Waals surface area contributed by atoms with Gasteiger partial charge in [-0.2, -0.15) is 11.3 Å². The second kappa shape index (κ2) is 9.74. The minimum atomic E-state index is -1.01. The van der Waals surface area contributed by atoms with E-state index in [1.54, 1.807) is 23.0 Å². The topological polar surface area (TPSA) is 97.1 Å². The number of pyridine rings is 1. The molecule has 0 unspecified atom stereocenters. The van der Waals surface area contributed by atoms with Crippen LogP contribution in [0.2, 0.25) is 0 Å². The maximum atomic E-state index is 13.7. The molecule has 0 fully saturated rings. The summed E-state index contributed by atoms with van der Waals surface area (Å²) in [5.74, 6) is -2.44. The second-order valence-corrected chi connectivity index (χ2v) is 8.24. The van der Waals surface area contributed by atoms with Gasteiger partial charge in [0.2, 0.25) is 5.91 Å². The predicted molar refractivity (Wildman–Crippen MR) is 124 cm³/mol. The fourth-order valence-electron chi connectivity index (χ4n) is 3.42. The summed E-state index contributed by atoms with van der Waals surface area (Å²) in [5.41, 5.74) is 7.51. The van der Waals surface area contributed by atoms with Gasteiger partial charge in [0.1, 0.15) is 11.9 Å². The van der Waals surface area contributed by atoms with Gasteiger partial charge in [-0.1, -0.05) is 18.2 Å². The Morgan fingerprint density at radius 3 is 2.61 bits per heavy atom. The highest BCUT2D eigenvalue weighted by molar-refractivity contribution is 7.08. The highest BCUT2D eigenvalue weighted by Gasteiger charge is 2.22. The van der Waals surface area contributed by atoms with Gasteiger partial charge in [0.15, 0.2) is 11.6 Å². The summed E-state index contributed by atoms with van der Waals surface area (Å²) in [6, 6.07) is 11.4. The zero-order valence-corrected chi connectivity index (χ0v) is 18.2. The highest BCUT2D eigenvalue weighted by atomic mass is 32.1. The largest absolute Gasteiger partial charge is 0.383 e. The van der Waals surface area contributed by atoms with Crippen LogP contribution in [-0.2, 0) is 17.8 Å². The van der Waals surface area contributed by atoms with Crippen LogP contribution < -0.4 is 16.4 Å². The number of carbonyl (C=O) groups excluding carboxylic acids is 2. The lowest BCUT2D eigenvalue weighted by molar-refractivity contribution is -0.123. The molecule has 0 aliphatic heterocycles. The van der Waals surface area contributed by atoms with Crippen LogP contribution in [0.5, 0.6) is 0 Å². The van der Waals surface area contributed by atoms with Gasteiger partial charge in [-0.3, -0.25) is 9.59 Å². The number of hydrogen-bond donors (Lipinski definition) is 3. The number of nitrogens with two attached hydrogens (primary N) is 1. The number of nitrogens with one attached hydrogen (secondary N) is 2. The molecule has 4 aromatic rings. The molecule has 0 aliphatic rings. The van der Waals surface area contributed by atoms with Crippen molar-refractivity contribution >= 4 is 39.7 Å². The fourth-order valence-corrected chi connectivity index (χ4v) is 4.06. The Bertz CT molecular complexity index is 1310. The van der Waals surface area contributed by atoms with E-state index in [0.29, 0.717) is 16.9 Å². The average Bonchev–Trinajstić information content (AvgIpc) is 3.35. The summed E-state index contributed by atoms with van der Waals surface area (Å²) in [5, 5.41) is 10.6. The normalized spacial score (nSPS) is 11.8. The maximum absolute atomic E-state index is 13.7. The number of rotatable bonds is 7. The quantitative estimate of drug-likeness (QED) is 0.386. The third kappa shape index (κ3) is 5.32. The summed E-state index contributed by atoms with van der Waals surface area (Å²) in [6.45, 7) is 0.208. The molecule has 2 aromatic heterocycles. The molecule has 2 heterocycles. The molecule has 1 atom stereocenters. The van der Waals surface area contributed by atoms with Crippen LogP contribution in [0.4, 0.5) is 14.6 Å². The van der Waals surface area contributed by atoms with Crippen molar-refractivity contribution in [1.82, 2.24) is 15.6 Å². The highest BCUT2D eigenvalue weighted by Crippen LogP contribution is 2.20. The Balaban J connectivity index is 1.50. The first kappa shape index (κ1) is 22.3. The van der Waals surface area contributed by atoms with E-state index in [-0.39, 0.29) is 13.0 Å². The number of hydrogen-bond acceptors (Lipinski definition) is 5. The van der Waals surface area contributed by atoms with Crippen LogP contribution >= 0.6 is 11.3 Å². The average molecular weight is 467 g/mol. The first-order valence-electron chi connectivity index (χ1n) is 10.1. The summed E-state index contributed by atoms with van der Waals surface area (Å²) in [4.78, 5) is 29.6. The minimum Gasteiger partial charge on any atom is -0.383 e. The molecule has 0 saturated carbocycles. The Labute approximate surface area is 192 Å². The van der Waals surface area contributed by atoms with Crippen LogP contribution in [0.3, 0.4) is 0 Å². The molecule has 0 saturated heterocycles. The maximum Gasteiger partial charge on any atom is 0.252 e. The molecule has 0 bridgehead atoms. The summed E-state index contributed by atoms with van der Waals surface area (Å²) in [7, 11) is 0. The number of amides is 2. The Hall–Kier alpha value is -3.85. The first-order valence-corrected chi connectivity index (χ1v) is 11.0. The van der Waals surface area contributed by atoms with Gasteiger partial charge in [0.25, 0.3) is 5.91 Å². The van der Waals surface area contributed by atoms with Gasteiger partial charge in [0, 0.05) is 29.9 Å². The lowest BCUT2D eigenvalue weighted by atomic mass is 10.0. The zero-order valence-electron chi connectivity index (χ0n) is 17.3. The zero-order chi connectivity index (χ0) is 23.4. The van der Waals surface area contributed by atoms with Gasteiger partial charge in [0.05, 0.1) is 5.56 Å². The van der Waals surface area contributed by atoms with E-state index >= 15 is 0 Å². The van der Waals surface area contributed by atoms with Gasteiger partial charge in [-0.25, -0.2) is 13.8 Å². The molecule has 0 aliphatic carbocycles. The van der Waals surface area contributed by atoms with Gasteiger partial charge < -0.3 is 16.4 Å². The number of carbonyl (C=O) groups is 2. The molecule has 2 amide bonds. The summed E-state index contributed by atoms with van der Waals surface area (Å²) < 4.78 is 27.0. The number of nitrogens with zero attached hydrogens (tertiary/aromatic N) is 1. The number of fused-ring (bicyclic) bond motifs is 1. The van der Waals surface area contributed by atoms with E-state index in [4.69, 9.17) is 5.73 Å². The number of aromatic nitrogens is 1. The van der Waals surface area contributed by atoms with Crippen molar-refractivity contribution < 1.29 is 18.4 Å². The SMILES string of the molecule is Nc1nccc2cc(CNC(=O)[C@H](Cc3ccc(F)c(F)c3)NC(=O)c3ccsc3)ccc12. The summed E-state index contributed by atoms with van der Waals surface area (Å²) >= 11 is 1.35. The second-order valence-electron chi connectivity index (χ2n) is 7.46. The molecule has 9 heteroatoms. The Morgan fingerprint density at radius 2 is 1.85 bits per heavy atom. The third-order valence-corrected chi connectivity index (χ3v) is 5.84. The molecular weight excluding hydrogens is 446 g/mol. The van der Waals surface area contributed by atoms with E-state index in [9.17, 15) is 18.4 Å². The molecule has 6 nitrogen and oxygen atoms in total. The van der Waals surface area contributed by atoms with Crippen molar-refractivity contribution in [2.75, 3.05) is 5.73 Å². The molecule has 0 spiro atoms. The van der Waals surface area contributed by atoms with Crippen LogP contribution in [0, 0.1) is 11.6 Å².